The fraction of sp³-hybridized carbons (Fsp3) is 0.267. The maximum Gasteiger partial charge on any atom is 0.141 e. The first-order valence-corrected chi connectivity index (χ1v) is 7.18. The molecule has 1 aromatic carbocycles. The topological polar surface area (TPSA) is 17.8 Å². The number of hydrogen-bond acceptors (Lipinski definition) is 2. The standard InChI is InChI=1S/C15H16N2S/c1-11(2)9-17-14-6-4-3-5-13(14)16-15(17)12-7-8-18-10-12/h3-8,10-11H,9H2,1-2H3. The van der Waals surface area contributed by atoms with Crippen LogP contribution in [0.4, 0.5) is 0 Å². The summed E-state index contributed by atoms with van der Waals surface area (Å²) in [6.07, 6.45) is 0. The average Bonchev–Trinajstić information content (AvgIpc) is 2.96. The number of thiophene rings is 1. The van der Waals surface area contributed by atoms with E-state index in [4.69, 9.17) is 4.98 Å². The van der Waals surface area contributed by atoms with Crippen LogP contribution in [0.3, 0.4) is 0 Å². The summed E-state index contributed by atoms with van der Waals surface area (Å²) in [6, 6.07) is 10.5. The Labute approximate surface area is 111 Å². The van der Waals surface area contributed by atoms with E-state index in [-0.39, 0.29) is 0 Å². The second kappa shape index (κ2) is 4.58. The van der Waals surface area contributed by atoms with Gasteiger partial charge in [0.1, 0.15) is 5.82 Å². The van der Waals surface area contributed by atoms with Crippen molar-refractivity contribution in [1.29, 1.82) is 0 Å². The molecule has 3 rings (SSSR count). The summed E-state index contributed by atoms with van der Waals surface area (Å²) in [5.74, 6) is 1.70. The van der Waals surface area contributed by atoms with Gasteiger partial charge in [-0.25, -0.2) is 4.98 Å². The summed E-state index contributed by atoms with van der Waals surface area (Å²) in [5, 5.41) is 4.27. The zero-order valence-electron chi connectivity index (χ0n) is 10.6. The molecule has 0 radical (unpaired) electrons. The van der Waals surface area contributed by atoms with Crippen LogP contribution in [0.25, 0.3) is 22.4 Å². The van der Waals surface area contributed by atoms with E-state index in [9.17, 15) is 0 Å². The maximum absolute atomic E-state index is 4.78. The molecule has 0 amide bonds. The minimum atomic E-state index is 0.611. The van der Waals surface area contributed by atoms with Gasteiger partial charge in [0.15, 0.2) is 0 Å². The van der Waals surface area contributed by atoms with E-state index >= 15 is 0 Å². The Hall–Kier alpha value is -1.61. The largest absolute Gasteiger partial charge is 0.324 e. The van der Waals surface area contributed by atoms with Gasteiger partial charge >= 0.3 is 0 Å². The van der Waals surface area contributed by atoms with Crippen LogP contribution in [0.1, 0.15) is 13.8 Å². The minimum absolute atomic E-state index is 0.611. The monoisotopic (exact) mass is 256 g/mol. The van der Waals surface area contributed by atoms with Crippen LogP contribution in [0.15, 0.2) is 41.1 Å². The van der Waals surface area contributed by atoms with Gasteiger partial charge in [0.05, 0.1) is 11.0 Å². The number of benzene rings is 1. The number of nitrogens with zero attached hydrogens (tertiary/aromatic N) is 2. The lowest BCUT2D eigenvalue weighted by molar-refractivity contribution is 0.536. The highest BCUT2D eigenvalue weighted by molar-refractivity contribution is 7.08. The number of rotatable bonds is 3. The highest BCUT2D eigenvalue weighted by Gasteiger charge is 2.13. The van der Waals surface area contributed by atoms with Crippen LogP contribution < -0.4 is 0 Å². The van der Waals surface area contributed by atoms with Crippen molar-refractivity contribution in [1.82, 2.24) is 9.55 Å². The molecule has 2 aromatic heterocycles. The molecule has 3 heteroatoms. The van der Waals surface area contributed by atoms with E-state index in [0.717, 1.165) is 17.9 Å². The molecular formula is C15H16N2S. The molecule has 3 aromatic rings. The Morgan fingerprint density at radius 2 is 2.06 bits per heavy atom. The fourth-order valence-electron chi connectivity index (χ4n) is 2.24. The van der Waals surface area contributed by atoms with Crippen molar-refractivity contribution in [2.75, 3.05) is 0 Å². The number of imidazole rings is 1. The zero-order valence-corrected chi connectivity index (χ0v) is 11.4. The van der Waals surface area contributed by atoms with Gasteiger partial charge in [-0.05, 0) is 29.5 Å². The summed E-state index contributed by atoms with van der Waals surface area (Å²) in [6.45, 7) is 5.49. The van der Waals surface area contributed by atoms with Crippen LogP contribution in [0.2, 0.25) is 0 Å². The molecular weight excluding hydrogens is 240 g/mol. The van der Waals surface area contributed by atoms with Crippen LogP contribution in [0, 0.1) is 5.92 Å². The van der Waals surface area contributed by atoms with E-state index in [1.807, 2.05) is 6.07 Å². The number of aromatic nitrogens is 2. The van der Waals surface area contributed by atoms with Crippen molar-refractivity contribution in [3.05, 3.63) is 41.1 Å². The third-order valence-electron chi connectivity index (χ3n) is 2.98. The second-order valence-corrected chi connectivity index (χ2v) is 5.72. The predicted molar refractivity (Wildman–Crippen MR) is 77.9 cm³/mol. The normalized spacial score (nSPS) is 11.5. The Morgan fingerprint density at radius 1 is 1.22 bits per heavy atom. The van der Waals surface area contributed by atoms with E-state index in [2.05, 4.69) is 53.4 Å². The fourth-order valence-corrected chi connectivity index (χ4v) is 2.87. The molecule has 0 aliphatic carbocycles. The van der Waals surface area contributed by atoms with Crippen molar-refractivity contribution in [2.24, 2.45) is 5.92 Å². The SMILES string of the molecule is CC(C)Cn1c(-c2ccsc2)nc2ccccc21. The summed E-state index contributed by atoms with van der Waals surface area (Å²) >= 11 is 1.72. The van der Waals surface area contributed by atoms with Gasteiger partial charge in [-0.1, -0.05) is 26.0 Å². The third-order valence-corrected chi connectivity index (χ3v) is 3.66. The Morgan fingerprint density at radius 3 is 2.78 bits per heavy atom. The summed E-state index contributed by atoms with van der Waals surface area (Å²) in [7, 11) is 0. The molecule has 2 nitrogen and oxygen atoms in total. The highest BCUT2D eigenvalue weighted by Crippen LogP contribution is 2.27. The van der Waals surface area contributed by atoms with Crippen molar-refractivity contribution in [3.63, 3.8) is 0 Å². The first kappa shape index (κ1) is 11.5. The number of para-hydroxylation sites is 2. The van der Waals surface area contributed by atoms with Crippen molar-refractivity contribution in [3.8, 4) is 11.4 Å². The van der Waals surface area contributed by atoms with Crippen LogP contribution >= 0.6 is 11.3 Å². The predicted octanol–water partition coefficient (Wildman–Crippen LogP) is 4.42. The van der Waals surface area contributed by atoms with Crippen LogP contribution in [-0.2, 0) is 6.54 Å². The lowest BCUT2D eigenvalue weighted by atomic mass is 10.2. The van der Waals surface area contributed by atoms with Crippen molar-refractivity contribution in [2.45, 2.75) is 20.4 Å². The highest BCUT2D eigenvalue weighted by atomic mass is 32.1. The van der Waals surface area contributed by atoms with E-state index in [1.54, 1.807) is 11.3 Å². The summed E-state index contributed by atoms with van der Waals surface area (Å²) in [4.78, 5) is 4.78. The molecule has 18 heavy (non-hydrogen) atoms. The smallest absolute Gasteiger partial charge is 0.141 e. The molecule has 0 saturated heterocycles. The van der Waals surface area contributed by atoms with Gasteiger partial charge in [0.2, 0.25) is 0 Å². The van der Waals surface area contributed by atoms with Crippen LogP contribution in [0.5, 0.6) is 0 Å². The Balaban J connectivity index is 2.23. The average molecular weight is 256 g/mol. The van der Waals surface area contributed by atoms with E-state index < -0.39 is 0 Å². The summed E-state index contributed by atoms with van der Waals surface area (Å²) < 4.78 is 2.34. The molecule has 0 atom stereocenters. The molecule has 92 valence electrons. The maximum atomic E-state index is 4.78. The first-order chi connectivity index (χ1) is 8.75. The molecule has 0 aliphatic heterocycles. The molecule has 0 aliphatic rings. The van der Waals surface area contributed by atoms with Gasteiger partial charge in [0, 0.05) is 17.5 Å². The van der Waals surface area contributed by atoms with Gasteiger partial charge in [-0.15, -0.1) is 0 Å². The molecule has 0 fully saturated rings. The lowest BCUT2D eigenvalue weighted by Gasteiger charge is -2.10. The van der Waals surface area contributed by atoms with Gasteiger partial charge < -0.3 is 4.57 Å². The third kappa shape index (κ3) is 1.95. The number of fused-ring (bicyclic) bond motifs is 1. The Kier molecular flexibility index (Phi) is 2.92. The van der Waals surface area contributed by atoms with Gasteiger partial charge in [-0.2, -0.15) is 11.3 Å². The first-order valence-electron chi connectivity index (χ1n) is 6.23. The van der Waals surface area contributed by atoms with Crippen LogP contribution in [-0.4, -0.2) is 9.55 Å². The van der Waals surface area contributed by atoms with Gasteiger partial charge in [0.25, 0.3) is 0 Å². The zero-order chi connectivity index (χ0) is 12.5. The minimum Gasteiger partial charge on any atom is -0.324 e. The van der Waals surface area contributed by atoms with E-state index in [1.165, 1.54) is 11.1 Å². The molecule has 2 heterocycles. The second-order valence-electron chi connectivity index (χ2n) is 4.94. The lowest BCUT2D eigenvalue weighted by Crippen LogP contribution is -2.05. The van der Waals surface area contributed by atoms with Gasteiger partial charge in [-0.3, -0.25) is 0 Å². The van der Waals surface area contributed by atoms with Crippen molar-refractivity contribution >= 4 is 22.4 Å². The quantitative estimate of drug-likeness (QED) is 0.678. The Bertz CT molecular complexity index is 650. The number of hydrogen-bond donors (Lipinski definition) is 0. The molecule has 0 bridgehead atoms. The molecule has 0 spiro atoms. The molecule has 0 unspecified atom stereocenters. The van der Waals surface area contributed by atoms with E-state index in [0.29, 0.717) is 5.92 Å². The van der Waals surface area contributed by atoms with Crippen molar-refractivity contribution < 1.29 is 0 Å². The molecule has 0 saturated carbocycles. The summed E-state index contributed by atoms with van der Waals surface area (Å²) in [5.41, 5.74) is 3.53. The molecule has 0 N–H and O–H groups in total.